The van der Waals surface area contributed by atoms with E-state index in [1.165, 1.54) is 5.56 Å². The van der Waals surface area contributed by atoms with Crippen LogP contribution >= 0.6 is 0 Å². The molecule has 0 bridgehead atoms. The molecule has 0 aromatic heterocycles. The molecule has 0 aliphatic carbocycles. The van der Waals surface area contributed by atoms with Gasteiger partial charge in [0.2, 0.25) is 0 Å². The molecule has 0 N–H and O–H groups in total. The first-order valence-electron chi connectivity index (χ1n) is 3.94. The molecule has 0 aliphatic heterocycles. The van der Waals surface area contributed by atoms with Crippen LogP contribution in [0.5, 0.6) is 0 Å². The van der Waals surface area contributed by atoms with Crippen LogP contribution in [0.3, 0.4) is 0 Å². The van der Waals surface area contributed by atoms with Gasteiger partial charge in [0, 0.05) is 7.05 Å². The molecule has 0 aliphatic rings. The first kappa shape index (κ1) is 8.72. The summed E-state index contributed by atoms with van der Waals surface area (Å²) in [6.45, 7) is 5.77. The van der Waals surface area contributed by atoms with Crippen LogP contribution in [-0.2, 0) is 0 Å². The zero-order valence-corrected chi connectivity index (χ0v) is 7.54. The number of aryl methyl sites for hydroxylation is 1. The normalized spacial score (nSPS) is 11.3. The minimum Gasteiger partial charge on any atom is -0.288 e. The highest BCUT2D eigenvalue weighted by Gasteiger charge is 1.95. The largest absolute Gasteiger partial charge is 0.288 e. The summed E-state index contributed by atoms with van der Waals surface area (Å²) in [7, 11) is 1.77. The predicted molar refractivity (Wildman–Crippen MR) is 53.8 cm³/mol. The molecule has 1 nitrogen and oxygen atoms in total. The number of nitrogens with zero attached hydrogens (tertiary/aromatic N) is 1. The van der Waals surface area contributed by atoms with Crippen molar-refractivity contribution in [2.75, 3.05) is 7.05 Å². The fourth-order valence-electron chi connectivity index (χ4n) is 1.06. The van der Waals surface area contributed by atoms with Crippen LogP contribution in [0.1, 0.15) is 11.1 Å². The molecule has 1 heteroatoms. The van der Waals surface area contributed by atoms with E-state index in [0.29, 0.717) is 0 Å². The quantitative estimate of drug-likeness (QED) is 0.588. The second kappa shape index (κ2) is 3.86. The zero-order valence-electron chi connectivity index (χ0n) is 7.54. The third kappa shape index (κ3) is 1.82. The van der Waals surface area contributed by atoms with E-state index in [1.807, 2.05) is 0 Å². The minimum atomic E-state index is 0.940. The Balaban J connectivity index is 3.04. The fourth-order valence-corrected chi connectivity index (χ4v) is 1.06. The van der Waals surface area contributed by atoms with E-state index in [9.17, 15) is 0 Å². The summed E-state index contributed by atoms with van der Waals surface area (Å²) in [5.74, 6) is 0. The standard InChI is InChI=1S/C11H13N/c1-4-11(12-3)10-7-5-9(2)6-8-10/h4-8H,1H2,2-3H3. The maximum absolute atomic E-state index is 4.11. The maximum Gasteiger partial charge on any atom is 0.0637 e. The van der Waals surface area contributed by atoms with E-state index >= 15 is 0 Å². The van der Waals surface area contributed by atoms with E-state index in [0.717, 1.165) is 11.3 Å². The van der Waals surface area contributed by atoms with Gasteiger partial charge < -0.3 is 0 Å². The molecule has 1 aromatic carbocycles. The van der Waals surface area contributed by atoms with Gasteiger partial charge in [-0.2, -0.15) is 0 Å². The number of rotatable bonds is 2. The molecule has 0 atom stereocenters. The molecule has 0 amide bonds. The molecule has 0 radical (unpaired) electrons. The van der Waals surface area contributed by atoms with E-state index in [4.69, 9.17) is 0 Å². The zero-order chi connectivity index (χ0) is 8.97. The Hall–Kier alpha value is -1.37. The van der Waals surface area contributed by atoms with Crippen molar-refractivity contribution in [1.82, 2.24) is 0 Å². The van der Waals surface area contributed by atoms with E-state index in [1.54, 1.807) is 13.1 Å². The van der Waals surface area contributed by atoms with E-state index in [2.05, 4.69) is 42.8 Å². The summed E-state index contributed by atoms with van der Waals surface area (Å²) >= 11 is 0. The van der Waals surface area contributed by atoms with E-state index in [-0.39, 0.29) is 0 Å². The Kier molecular flexibility index (Phi) is 2.81. The Labute approximate surface area is 73.5 Å². The number of aliphatic imine (C=N–C) groups is 1. The summed E-state index contributed by atoms with van der Waals surface area (Å²) in [6, 6.07) is 8.26. The molecule has 0 unspecified atom stereocenters. The van der Waals surface area contributed by atoms with Gasteiger partial charge in [-0.15, -0.1) is 0 Å². The molecule has 1 rings (SSSR count). The Bertz CT molecular complexity index is 293. The highest BCUT2D eigenvalue weighted by Crippen LogP contribution is 2.04. The van der Waals surface area contributed by atoms with Crippen molar-refractivity contribution >= 4 is 5.71 Å². The summed E-state index contributed by atoms with van der Waals surface area (Å²) in [6.07, 6.45) is 1.77. The summed E-state index contributed by atoms with van der Waals surface area (Å²) < 4.78 is 0. The van der Waals surface area contributed by atoms with Crippen LogP contribution in [0, 0.1) is 6.92 Å². The first-order chi connectivity index (χ1) is 5.77. The molecule has 0 saturated heterocycles. The average molecular weight is 159 g/mol. The molecule has 0 spiro atoms. The van der Waals surface area contributed by atoms with Gasteiger partial charge in [-0.3, -0.25) is 4.99 Å². The molecular weight excluding hydrogens is 146 g/mol. The number of hydrogen-bond acceptors (Lipinski definition) is 1. The van der Waals surface area contributed by atoms with E-state index < -0.39 is 0 Å². The van der Waals surface area contributed by atoms with Gasteiger partial charge in [-0.05, 0) is 18.6 Å². The summed E-state index contributed by atoms with van der Waals surface area (Å²) in [5, 5.41) is 0. The van der Waals surface area contributed by atoms with Gasteiger partial charge in [0.05, 0.1) is 5.71 Å². The highest BCUT2D eigenvalue weighted by molar-refractivity contribution is 6.08. The Morgan fingerprint density at radius 2 is 1.92 bits per heavy atom. The van der Waals surface area contributed by atoms with Gasteiger partial charge in [0.1, 0.15) is 0 Å². The Morgan fingerprint density at radius 3 is 2.33 bits per heavy atom. The van der Waals surface area contributed by atoms with Crippen molar-refractivity contribution in [3.05, 3.63) is 48.0 Å². The van der Waals surface area contributed by atoms with Crippen molar-refractivity contribution in [3.8, 4) is 0 Å². The molecule has 1 aromatic rings. The van der Waals surface area contributed by atoms with Gasteiger partial charge in [-0.1, -0.05) is 36.4 Å². The number of allylic oxidation sites excluding steroid dienone is 1. The molecule has 12 heavy (non-hydrogen) atoms. The monoisotopic (exact) mass is 159 g/mol. The van der Waals surface area contributed by atoms with Crippen molar-refractivity contribution in [2.45, 2.75) is 6.92 Å². The topological polar surface area (TPSA) is 12.4 Å². The smallest absolute Gasteiger partial charge is 0.0637 e. The Morgan fingerprint density at radius 1 is 1.33 bits per heavy atom. The third-order valence-electron chi connectivity index (χ3n) is 1.78. The second-order valence-corrected chi connectivity index (χ2v) is 2.68. The fraction of sp³-hybridized carbons (Fsp3) is 0.182. The van der Waals surface area contributed by atoms with Crippen molar-refractivity contribution in [3.63, 3.8) is 0 Å². The van der Waals surface area contributed by atoms with Crippen molar-refractivity contribution in [1.29, 1.82) is 0 Å². The minimum absolute atomic E-state index is 0.940. The highest BCUT2D eigenvalue weighted by atomic mass is 14.7. The van der Waals surface area contributed by atoms with Gasteiger partial charge in [-0.25, -0.2) is 0 Å². The van der Waals surface area contributed by atoms with Crippen LogP contribution in [0.25, 0.3) is 0 Å². The van der Waals surface area contributed by atoms with Gasteiger partial charge in [0.15, 0.2) is 0 Å². The van der Waals surface area contributed by atoms with Crippen LogP contribution in [0.15, 0.2) is 41.9 Å². The second-order valence-electron chi connectivity index (χ2n) is 2.68. The van der Waals surface area contributed by atoms with Gasteiger partial charge in [0.25, 0.3) is 0 Å². The lowest BCUT2D eigenvalue weighted by Gasteiger charge is -1.99. The van der Waals surface area contributed by atoms with Crippen molar-refractivity contribution in [2.24, 2.45) is 4.99 Å². The third-order valence-corrected chi connectivity index (χ3v) is 1.78. The molecular formula is C11H13N. The van der Waals surface area contributed by atoms with Crippen LogP contribution in [0.2, 0.25) is 0 Å². The SMILES string of the molecule is C=CC(=NC)c1ccc(C)cc1. The van der Waals surface area contributed by atoms with Gasteiger partial charge >= 0.3 is 0 Å². The first-order valence-corrected chi connectivity index (χ1v) is 3.94. The average Bonchev–Trinajstić information content (AvgIpc) is 2.10. The predicted octanol–water partition coefficient (Wildman–Crippen LogP) is 2.60. The summed E-state index contributed by atoms with van der Waals surface area (Å²) in [4.78, 5) is 4.11. The molecule has 0 saturated carbocycles. The lowest BCUT2D eigenvalue weighted by molar-refractivity contribution is 1.42. The molecule has 0 fully saturated rings. The van der Waals surface area contributed by atoms with Crippen LogP contribution < -0.4 is 0 Å². The number of benzene rings is 1. The maximum atomic E-state index is 4.11. The van der Waals surface area contributed by atoms with Crippen LogP contribution in [0.4, 0.5) is 0 Å². The molecule has 0 heterocycles. The van der Waals surface area contributed by atoms with Crippen LogP contribution in [-0.4, -0.2) is 12.8 Å². The summed E-state index contributed by atoms with van der Waals surface area (Å²) in [5.41, 5.74) is 3.33. The lowest BCUT2D eigenvalue weighted by Crippen LogP contribution is -1.94. The lowest BCUT2D eigenvalue weighted by atomic mass is 10.1. The van der Waals surface area contributed by atoms with Crippen molar-refractivity contribution < 1.29 is 0 Å². The molecule has 62 valence electrons. The number of hydrogen-bond donors (Lipinski definition) is 0.